The molecule has 0 aliphatic carbocycles. The fourth-order valence-electron chi connectivity index (χ4n) is 5.06. The molecule has 2 atom stereocenters. The van der Waals surface area contributed by atoms with E-state index in [0.717, 1.165) is 10.6 Å². The smallest absolute Gasteiger partial charge is 0.295 e. The molecule has 0 radical (unpaired) electrons. The zero-order chi connectivity index (χ0) is 25.2. The van der Waals surface area contributed by atoms with E-state index in [9.17, 15) is 19.1 Å². The van der Waals surface area contributed by atoms with E-state index in [1.165, 1.54) is 31.3 Å². The van der Waals surface area contributed by atoms with Gasteiger partial charge in [-0.3, -0.25) is 9.59 Å². The first-order chi connectivity index (χ1) is 16.6. The molecule has 1 saturated heterocycles. The van der Waals surface area contributed by atoms with Crippen LogP contribution < -0.4 is 15.2 Å². The molecule has 35 heavy (non-hydrogen) atoms. The summed E-state index contributed by atoms with van der Waals surface area (Å²) in [5, 5.41) is 10.4. The average Bonchev–Trinajstić information content (AvgIpc) is 2.82. The van der Waals surface area contributed by atoms with Gasteiger partial charge in [-0.1, -0.05) is 24.2 Å². The van der Waals surface area contributed by atoms with Gasteiger partial charge in [0.25, 0.3) is 5.56 Å². The van der Waals surface area contributed by atoms with E-state index in [4.69, 9.17) is 16.3 Å². The van der Waals surface area contributed by atoms with Crippen molar-refractivity contribution < 1.29 is 23.4 Å². The summed E-state index contributed by atoms with van der Waals surface area (Å²) in [6.45, 7) is 6.31. The minimum Gasteiger partial charge on any atom is -0.507 e. The molecule has 1 aromatic heterocycles. The molecule has 3 heterocycles. The summed E-state index contributed by atoms with van der Waals surface area (Å²) in [6, 6.07) is 4.57. The number of aromatic hydroxyl groups is 1. The molecule has 0 bridgehead atoms. The lowest BCUT2D eigenvalue weighted by Gasteiger charge is -2.48. The number of carbonyl (C=O) groups excluding carboxylic acids is 1. The number of benzene rings is 2. The molecule has 2 aliphatic heterocycles. The Kier molecular flexibility index (Phi) is 5.47. The number of nitrogens with zero attached hydrogens (tertiary/aromatic N) is 3. The molecule has 5 rings (SSSR count). The number of aryl methyl sites for hydroxylation is 1. The van der Waals surface area contributed by atoms with Crippen molar-refractivity contribution in [2.24, 2.45) is 7.05 Å². The second-order valence-corrected chi connectivity index (χ2v) is 9.19. The number of carbonyl (C=O) groups is 1. The lowest BCUT2D eigenvalue weighted by molar-refractivity contribution is -0.129. The molecular weight excluding hydrogens is 480 g/mol. The average molecular weight is 502 g/mol. The first kappa shape index (κ1) is 23.2. The van der Waals surface area contributed by atoms with Gasteiger partial charge in [-0.2, -0.15) is 0 Å². The van der Waals surface area contributed by atoms with Crippen molar-refractivity contribution in [3.05, 3.63) is 63.9 Å². The number of phenols is 1. The quantitative estimate of drug-likeness (QED) is 0.540. The maximum atomic E-state index is 16.1. The highest BCUT2D eigenvalue weighted by Gasteiger charge is 2.40. The molecule has 3 aromatic rings. The number of rotatable bonds is 2. The highest BCUT2D eigenvalue weighted by molar-refractivity contribution is 6.34. The monoisotopic (exact) mass is 501 g/mol. The number of fused-ring (bicyclic) bond motifs is 5. The number of phenolic OH excluding ortho intramolecular Hbond substituents is 1. The van der Waals surface area contributed by atoms with Gasteiger partial charge in [0.05, 0.1) is 27.8 Å². The number of anilines is 1. The maximum Gasteiger partial charge on any atom is 0.295 e. The van der Waals surface area contributed by atoms with Gasteiger partial charge in [0.15, 0.2) is 5.82 Å². The van der Waals surface area contributed by atoms with E-state index in [0.29, 0.717) is 24.2 Å². The van der Waals surface area contributed by atoms with Crippen LogP contribution in [0.4, 0.5) is 14.5 Å². The topological polar surface area (TPSA) is 75.0 Å². The van der Waals surface area contributed by atoms with Crippen molar-refractivity contribution in [1.29, 1.82) is 0 Å². The first-order valence-corrected chi connectivity index (χ1v) is 11.4. The van der Waals surface area contributed by atoms with Crippen LogP contribution in [0.25, 0.3) is 22.0 Å². The number of piperazine rings is 1. The molecule has 1 N–H and O–H groups in total. The van der Waals surface area contributed by atoms with Gasteiger partial charge >= 0.3 is 0 Å². The molecule has 0 spiro atoms. The summed E-state index contributed by atoms with van der Waals surface area (Å²) in [4.78, 5) is 29.2. The van der Waals surface area contributed by atoms with Crippen LogP contribution in [0.5, 0.6) is 11.5 Å². The molecule has 0 unspecified atom stereocenters. The van der Waals surface area contributed by atoms with Crippen LogP contribution in [0.15, 0.2) is 41.7 Å². The number of pyridine rings is 1. The third-order valence-electron chi connectivity index (χ3n) is 6.74. The van der Waals surface area contributed by atoms with Gasteiger partial charge in [0.2, 0.25) is 11.7 Å². The van der Waals surface area contributed by atoms with Gasteiger partial charge < -0.3 is 24.2 Å². The third-order valence-corrected chi connectivity index (χ3v) is 7.04. The Morgan fingerprint density at radius 2 is 2.03 bits per heavy atom. The summed E-state index contributed by atoms with van der Waals surface area (Å²) < 4.78 is 37.6. The number of hydrogen-bond donors (Lipinski definition) is 1. The summed E-state index contributed by atoms with van der Waals surface area (Å²) in [7, 11) is 1.39. The molecule has 1 fully saturated rings. The molecule has 0 saturated carbocycles. The fraction of sp³-hybridized carbons (Fsp3) is 0.280. The van der Waals surface area contributed by atoms with Crippen LogP contribution in [0.1, 0.15) is 6.92 Å². The van der Waals surface area contributed by atoms with Crippen molar-refractivity contribution in [2.45, 2.75) is 19.0 Å². The molecule has 2 aromatic carbocycles. The molecule has 1 amide bonds. The van der Waals surface area contributed by atoms with Crippen molar-refractivity contribution in [1.82, 2.24) is 9.47 Å². The largest absolute Gasteiger partial charge is 0.507 e. The molecule has 2 aliphatic rings. The van der Waals surface area contributed by atoms with E-state index in [2.05, 4.69) is 6.58 Å². The molecule has 10 heteroatoms. The van der Waals surface area contributed by atoms with Crippen molar-refractivity contribution in [3.8, 4) is 22.6 Å². The Bertz CT molecular complexity index is 1450. The SMILES string of the molecule is C=CC(=O)N1C[C@@H]2COc3c(c4cc(Cl)c(-c5c(O)cccc5F)c(F)c4n(C)c3=O)N2C[C@H]1C. The minimum absolute atomic E-state index is 0.0592. The molecule has 7 nitrogen and oxygen atoms in total. The van der Waals surface area contributed by atoms with Crippen LogP contribution in [0.3, 0.4) is 0 Å². The Morgan fingerprint density at radius 1 is 1.29 bits per heavy atom. The normalized spacial score (nSPS) is 19.2. The zero-order valence-electron chi connectivity index (χ0n) is 19.0. The van der Waals surface area contributed by atoms with Crippen LogP contribution in [0, 0.1) is 11.6 Å². The minimum atomic E-state index is -0.939. The van der Waals surface area contributed by atoms with Gasteiger partial charge in [-0.05, 0) is 31.2 Å². The number of halogens is 3. The standard InChI is InChI=1S/C25H22ClF2N3O4/c1-4-18(33)30-10-13-11-35-24-23(31(13)9-12(30)2)14-8-15(26)19(20-16(27)6-5-7-17(20)32)21(28)22(14)29(3)25(24)34/h4-8,12-13,32H,1,9-11H2,2-3H3/t12-,13-/m1/s1. The van der Waals surface area contributed by atoms with Crippen LogP contribution in [0.2, 0.25) is 5.02 Å². The lowest BCUT2D eigenvalue weighted by atomic mass is 9.97. The molecular formula is C25H22ClF2N3O4. The van der Waals surface area contributed by atoms with E-state index < -0.39 is 22.9 Å². The lowest BCUT2D eigenvalue weighted by Crippen LogP contribution is -2.62. The van der Waals surface area contributed by atoms with E-state index in [1.54, 1.807) is 4.90 Å². The van der Waals surface area contributed by atoms with Gasteiger partial charge in [0.1, 0.15) is 18.2 Å². The first-order valence-electron chi connectivity index (χ1n) is 11.0. The van der Waals surface area contributed by atoms with Crippen molar-refractivity contribution in [3.63, 3.8) is 0 Å². The third kappa shape index (κ3) is 3.36. The predicted octanol–water partition coefficient (Wildman–Crippen LogP) is 3.83. The maximum absolute atomic E-state index is 16.1. The Balaban J connectivity index is 1.77. The number of aromatic nitrogens is 1. The van der Waals surface area contributed by atoms with Gasteiger partial charge in [-0.25, -0.2) is 8.78 Å². The number of ether oxygens (including phenoxy) is 1. The highest BCUT2D eigenvalue weighted by Crippen LogP contribution is 2.46. The van der Waals surface area contributed by atoms with Crippen molar-refractivity contribution in [2.75, 3.05) is 24.6 Å². The van der Waals surface area contributed by atoms with Crippen LogP contribution in [-0.4, -0.2) is 52.3 Å². The molecule has 182 valence electrons. The summed E-state index contributed by atoms with van der Waals surface area (Å²) in [5.41, 5.74) is -1.01. The zero-order valence-corrected chi connectivity index (χ0v) is 19.8. The summed E-state index contributed by atoms with van der Waals surface area (Å²) in [6.07, 6.45) is 1.25. The highest BCUT2D eigenvalue weighted by atomic mass is 35.5. The predicted molar refractivity (Wildman–Crippen MR) is 129 cm³/mol. The second kappa shape index (κ2) is 8.27. The Hall–Kier alpha value is -3.59. The van der Waals surface area contributed by atoms with E-state index >= 15 is 4.39 Å². The second-order valence-electron chi connectivity index (χ2n) is 8.78. The van der Waals surface area contributed by atoms with Crippen LogP contribution in [-0.2, 0) is 11.8 Å². The number of hydrogen-bond acceptors (Lipinski definition) is 5. The summed E-state index contributed by atoms with van der Waals surface area (Å²) in [5.74, 6) is -2.42. The Morgan fingerprint density at radius 3 is 2.71 bits per heavy atom. The summed E-state index contributed by atoms with van der Waals surface area (Å²) >= 11 is 6.48. The fourth-order valence-corrected chi connectivity index (χ4v) is 5.34. The van der Waals surface area contributed by atoms with Crippen LogP contribution >= 0.6 is 11.6 Å². The van der Waals surface area contributed by atoms with E-state index in [-0.39, 0.29) is 52.0 Å². The Labute approximate surface area is 204 Å². The number of amides is 1. The van der Waals surface area contributed by atoms with Gasteiger partial charge in [-0.15, -0.1) is 0 Å². The van der Waals surface area contributed by atoms with E-state index in [1.807, 2.05) is 11.8 Å². The van der Waals surface area contributed by atoms with Crippen molar-refractivity contribution >= 4 is 34.1 Å². The van der Waals surface area contributed by atoms with Gasteiger partial charge in [0, 0.05) is 37.1 Å².